The van der Waals surface area contributed by atoms with Gasteiger partial charge in [0.05, 0.1) is 11.3 Å². The van der Waals surface area contributed by atoms with Crippen molar-refractivity contribution in [3.8, 4) is 11.5 Å². The number of fused-ring (bicyclic) bond motifs is 1. The molecule has 0 aromatic heterocycles. The lowest BCUT2D eigenvalue weighted by Crippen LogP contribution is -2.59. The number of nitrogens with zero attached hydrogens (tertiary/aromatic N) is 2. The van der Waals surface area contributed by atoms with Crippen LogP contribution in [-0.4, -0.2) is 87.8 Å². The predicted octanol–water partition coefficient (Wildman–Crippen LogP) is 2.84. The minimum atomic E-state index is -1.09. The molecule has 0 aliphatic carbocycles. The van der Waals surface area contributed by atoms with E-state index in [9.17, 15) is 34.2 Å². The SMILES string of the molecule is CC(C)C[C@@H]1NC(=O)c2ccccc2NC(=O)C(Cc2ccc(O)cc2)N(C)C(=O)[C@H](C)NC(=O)[C@H](Cc2ccc(O)cc2)N(C)C1=O. The first-order chi connectivity index (χ1) is 22.7. The number of para-hydroxylation sites is 1. The molecule has 1 unspecified atom stereocenters. The topological polar surface area (TPSA) is 168 Å². The number of hydrogen-bond donors (Lipinski definition) is 5. The van der Waals surface area contributed by atoms with Crippen molar-refractivity contribution in [3.05, 3.63) is 89.5 Å². The summed E-state index contributed by atoms with van der Waals surface area (Å²) in [6.07, 6.45) is 0.397. The summed E-state index contributed by atoms with van der Waals surface area (Å²) in [6.45, 7) is 5.32. The zero-order valence-corrected chi connectivity index (χ0v) is 27.8. The third-order valence-electron chi connectivity index (χ3n) is 8.44. The van der Waals surface area contributed by atoms with E-state index in [-0.39, 0.29) is 47.9 Å². The molecule has 5 N–H and O–H groups in total. The Hall–Kier alpha value is -5.39. The molecule has 48 heavy (non-hydrogen) atoms. The fraction of sp³-hybridized carbons (Fsp3) is 0.361. The normalized spacial score (nSPS) is 21.4. The van der Waals surface area contributed by atoms with Crippen molar-refractivity contribution >= 4 is 35.2 Å². The Morgan fingerprint density at radius 3 is 1.73 bits per heavy atom. The summed E-state index contributed by atoms with van der Waals surface area (Å²) in [5.74, 6) is -2.78. The molecule has 4 atom stereocenters. The molecule has 0 bridgehead atoms. The highest BCUT2D eigenvalue weighted by atomic mass is 16.3. The smallest absolute Gasteiger partial charge is 0.254 e. The van der Waals surface area contributed by atoms with Crippen molar-refractivity contribution in [2.45, 2.75) is 64.2 Å². The third-order valence-corrected chi connectivity index (χ3v) is 8.44. The fourth-order valence-electron chi connectivity index (χ4n) is 5.69. The highest BCUT2D eigenvalue weighted by Crippen LogP contribution is 2.21. The quantitative estimate of drug-likeness (QED) is 0.272. The molecular formula is C36H43N5O7. The molecular weight excluding hydrogens is 614 g/mol. The molecule has 0 saturated heterocycles. The molecule has 3 aromatic carbocycles. The lowest BCUT2D eigenvalue weighted by Gasteiger charge is -2.34. The van der Waals surface area contributed by atoms with Crippen molar-refractivity contribution in [1.82, 2.24) is 20.4 Å². The summed E-state index contributed by atoms with van der Waals surface area (Å²) < 4.78 is 0. The van der Waals surface area contributed by atoms with E-state index in [2.05, 4.69) is 16.0 Å². The van der Waals surface area contributed by atoms with Gasteiger partial charge in [0.25, 0.3) is 5.91 Å². The van der Waals surface area contributed by atoms with Crippen molar-refractivity contribution in [3.63, 3.8) is 0 Å². The predicted molar refractivity (Wildman–Crippen MR) is 180 cm³/mol. The van der Waals surface area contributed by atoms with Crippen LogP contribution in [0, 0.1) is 5.92 Å². The first-order valence-electron chi connectivity index (χ1n) is 15.9. The molecule has 4 rings (SSSR count). The number of hydrogen-bond acceptors (Lipinski definition) is 7. The molecule has 12 heteroatoms. The van der Waals surface area contributed by atoms with Crippen LogP contribution in [0.5, 0.6) is 11.5 Å². The van der Waals surface area contributed by atoms with Gasteiger partial charge in [-0.25, -0.2) is 0 Å². The van der Waals surface area contributed by atoms with E-state index >= 15 is 0 Å². The lowest BCUT2D eigenvalue weighted by molar-refractivity contribution is -0.143. The number of carbonyl (C=O) groups excluding carboxylic acids is 5. The van der Waals surface area contributed by atoms with E-state index in [1.54, 1.807) is 42.5 Å². The number of carbonyl (C=O) groups is 5. The second-order valence-corrected chi connectivity index (χ2v) is 12.6. The van der Waals surface area contributed by atoms with Gasteiger partial charge in [0, 0.05) is 26.9 Å². The summed E-state index contributed by atoms with van der Waals surface area (Å²) in [7, 11) is 2.94. The van der Waals surface area contributed by atoms with Gasteiger partial charge in [-0.1, -0.05) is 50.2 Å². The highest BCUT2D eigenvalue weighted by Gasteiger charge is 2.36. The van der Waals surface area contributed by atoms with Crippen LogP contribution >= 0.6 is 0 Å². The second-order valence-electron chi connectivity index (χ2n) is 12.6. The summed E-state index contributed by atoms with van der Waals surface area (Å²) in [5, 5.41) is 27.9. The zero-order valence-electron chi connectivity index (χ0n) is 27.8. The van der Waals surface area contributed by atoms with Crippen molar-refractivity contribution in [1.29, 1.82) is 0 Å². The molecule has 1 aliphatic heterocycles. The van der Waals surface area contributed by atoms with Crippen LogP contribution in [-0.2, 0) is 32.0 Å². The lowest BCUT2D eigenvalue weighted by atomic mass is 9.98. The first-order valence-corrected chi connectivity index (χ1v) is 15.9. The number of rotatable bonds is 6. The maximum Gasteiger partial charge on any atom is 0.254 e. The Bertz CT molecular complexity index is 1640. The van der Waals surface area contributed by atoms with Crippen molar-refractivity contribution in [2.24, 2.45) is 5.92 Å². The van der Waals surface area contributed by atoms with Gasteiger partial charge < -0.3 is 36.0 Å². The molecule has 0 fully saturated rings. The molecule has 1 heterocycles. The Morgan fingerprint density at radius 2 is 1.19 bits per heavy atom. The summed E-state index contributed by atoms with van der Waals surface area (Å²) in [4.78, 5) is 72.0. The van der Waals surface area contributed by atoms with E-state index in [4.69, 9.17) is 0 Å². The molecule has 0 spiro atoms. The number of amides is 5. The van der Waals surface area contributed by atoms with Gasteiger partial charge in [-0.2, -0.15) is 0 Å². The standard InChI is InChI=1S/C36H43N5O7/c1-21(2)18-29-36(48)41(5)30(19-23-10-14-25(42)15-11-23)33(45)37-22(3)35(47)40(4)31(20-24-12-16-26(43)17-13-24)34(46)38-28-9-7-6-8-27(28)32(44)39-29/h6-17,21-22,29-31,42-43H,18-20H2,1-5H3,(H,37,45)(H,38,46)(H,39,44)/t22-,29-,30-,31?/m0/s1. The van der Waals surface area contributed by atoms with E-state index in [0.29, 0.717) is 11.1 Å². The Balaban J connectivity index is 1.79. The molecule has 1 aliphatic rings. The second kappa shape index (κ2) is 15.5. The first kappa shape index (κ1) is 35.5. The van der Waals surface area contributed by atoms with Crippen LogP contribution in [0.3, 0.4) is 0 Å². The third kappa shape index (κ3) is 8.69. The highest BCUT2D eigenvalue weighted by molar-refractivity contribution is 6.07. The average molecular weight is 658 g/mol. The Kier molecular flexibility index (Phi) is 11.4. The number of phenols is 2. The van der Waals surface area contributed by atoms with Crippen LogP contribution in [0.4, 0.5) is 5.69 Å². The van der Waals surface area contributed by atoms with E-state index in [0.717, 1.165) is 0 Å². The van der Waals surface area contributed by atoms with E-state index in [1.807, 2.05) is 13.8 Å². The van der Waals surface area contributed by atoms with Gasteiger partial charge in [0.2, 0.25) is 23.6 Å². The number of likely N-dealkylation sites (N-methyl/N-ethyl adjacent to an activating group) is 2. The minimum Gasteiger partial charge on any atom is -0.508 e. The summed E-state index contributed by atoms with van der Waals surface area (Å²) in [5.41, 5.74) is 1.63. The average Bonchev–Trinajstić information content (AvgIpc) is 3.05. The minimum absolute atomic E-state index is 0.00796. The number of benzene rings is 3. The van der Waals surface area contributed by atoms with Gasteiger partial charge in [0.1, 0.15) is 35.7 Å². The Labute approximate surface area is 280 Å². The Morgan fingerprint density at radius 1 is 0.688 bits per heavy atom. The molecule has 254 valence electrons. The van der Waals surface area contributed by atoms with Crippen LogP contribution in [0.1, 0.15) is 48.7 Å². The van der Waals surface area contributed by atoms with Gasteiger partial charge >= 0.3 is 0 Å². The molecule has 3 aromatic rings. The number of phenolic OH excluding ortho intramolecular Hbond substituents is 2. The van der Waals surface area contributed by atoms with Crippen LogP contribution < -0.4 is 16.0 Å². The van der Waals surface area contributed by atoms with Gasteiger partial charge in [0.15, 0.2) is 0 Å². The fourth-order valence-corrected chi connectivity index (χ4v) is 5.69. The van der Waals surface area contributed by atoms with Gasteiger partial charge in [-0.3, -0.25) is 24.0 Å². The van der Waals surface area contributed by atoms with Gasteiger partial charge in [-0.05, 0) is 66.8 Å². The maximum atomic E-state index is 14.0. The van der Waals surface area contributed by atoms with Gasteiger partial charge in [-0.15, -0.1) is 0 Å². The largest absolute Gasteiger partial charge is 0.508 e. The van der Waals surface area contributed by atoms with Crippen molar-refractivity contribution < 1.29 is 34.2 Å². The van der Waals surface area contributed by atoms with Crippen LogP contribution in [0.2, 0.25) is 0 Å². The molecule has 12 nitrogen and oxygen atoms in total. The monoisotopic (exact) mass is 657 g/mol. The van der Waals surface area contributed by atoms with E-state index in [1.165, 1.54) is 61.2 Å². The number of anilines is 1. The van der Waals surface area contributed by atoms with Crippen molar-refractivity contribution in [2.75, 3.05) is 19.4 Å². The molecule has 0 saturated carbocycles. The van der Waals surface area contributed by atoms with E-state index < -0.39 is 53.7 Å². The number of aromatic hydroxyl groups is 2. The summed E-state index contributed by atoms with van der Waals surface area (Å²) in [6, 6.07) is 14.6. The molecule has 0 radical (unpaired) electrons. The molecule has 5 amide bonds. The number of nitrogens with one attached hydrogen (secondary N) is 3. The summed E-state index contributed by atoms with van der Waals surface area (Å²) >= 11 is 0. The maximum absolute atomic E-state index is 14.0. The van der Waals surface area contributed by atoms with Crippen LogP contribution in [0.25, 0.3) is 0 Å². The zero-order chi connectivity index (χ0) is 35.1. The van der Waals surface area contributed by atoms with Crippen LogP contribution in [0.15, 0.2) is 72.8 Å².